The third-order valence-electron chi connectivity index (χ3n) is 1.84. The van der Waals surface area contributed by atoms with Gasteiger partial charge in [0.25, 0.3) is 0 Å². The van der Waals surface area contributed by atoms with Crippen molar-refractivity contribution in [1.82, 2.24) is 0 Å². The minimum atomic E-state index is -3.61. The predicted molar refractivity (Wildman–Crippen MR) is 67.5 cm³/mol. The van der Waals surface area contributed by atoms with Crippen LogP contribution in [0, 0.1) is 0 Å². The summed E-state index contributed by atoms with van der Waals surface area (Å²) >= 11 is 5.88. The van der Waals surface area contributed by atoms with Gasteiger partial charge in [0.05, 0.1) is 11.6 Å². The van der Waals surface area contributed by atoms with E-state index in [1.807, 2.05) is 0 Å². The average Bonchev–Trinajstić information content (AvgIpc) is 2.33. The summed E-state index contributed by atoms with van der Waals surface area (Å²) in [7, 11) is -2.36. The normalized spacial score (nSPS) is 14.0. The molecule has 0 fully saturated rings. The summed E-state index contributed by atoms with van der Waals surface area (Å²) < 4.78 is 27.0. The van der Waals surface area contributed by atoms with Crippen LogP contribution < -0.4 is 4.52 Å². The van der Waals surface area contributed by atoms with Crippen LogP contribution in [0.3, 0.4) is 0 Å². The van der Waals surface area contributed by atoms with E-state index in [0.29, 0.717) is 11.4 Å². The van der Waals surface area contributed by atoms with Crippen molar-refractivity contribution in [2.45, 2.75) is 6.42 Å². The fourth-order valence-corrected chi connectivity index (χ4v) is 2.19. The minimum Gasteiger partial charge on any atom is -0.402 e. The second-order valence-electron chi connectivity index (χ2n) is 3.06. The van der Waals surface area contributed by atoms with Crippen molar-refractivity contribution >= 4 is 19.4 Å². The van der Waals surface area contributed by atoms with Gasteiger partial charge in [-0.3, -0.25) is 9.05 Å². The molecule has 0 heterocycles. The van der Waals surface area contributed by atoms with Crippen LogP contribution in [0.15, 0.2) is 36.9 Å². The van der Waals surface area contributed by atoms with Crippen LogP contribution >= 0.6 is 19.4 Å². The molecule has 1 aromatic rings. The van der Waals surface area contributed by atoms with Gasteiger partial charge in [-0.1, -0.05) is 29.8 Å². The monoisotopic (exact) mass is 276 g/mol. The van der Waals surface area contributed by atoms with E-state index in [2.05, 4.69) is 6.58 Å². The number of hydrogen-bond donors (Lipinski definition) is 0. The lowest BCUT2D eigenvalue weighted by atomic mass is 10.3. The maximum atomic E-state index is 12.0. The summed E-state index contributed by atoms with van der Waals surface area (Å²) in [5, 5.41) is 0.345. The van der Waals surface area contributed by atoms with E-state index < -0.39 is 7.82 Å². The smallest absolute Gasteiger partial charge is 0.402 e. The zero-order valence-electron chi connectivity index (χ0n) is 9.47. The molecule has 0 aliphatic rings. The summed E-state index contributed by atoms with van der Waals surface area (Å²) in [6.45, 7) is 3.74. The molecule has 0 amide bonds. The number of rotatable bonds is 7. The molecule has 1 atom stereocenters. The van der Waals surface area contributed by atoms with Crippen molar-refractivity contribution in [3.05, 3.63) is 41.9 Å². The highest BCUT2D eigenvalue weighted by Crippen LogP contribution is 2.50. The highest BCUT2D eigenvalue weighted by Gasteiger charge is 2.27. The number of phosphoric ester groups is 1. The van der Waals surface area contributed by atoms with E-state index >= 15 is 0 Å². The average molecular weight is 277 g/mol. The second-order valence-corrected chi connectivity index (χ2v) is 5.17. The fraction of sp³-hybridized carbons (Fsp3) is 0.273. The summed E-state index contributed by atoms with van der Waals surface area (Å²) in [5.74, 6) is 0.262. The zero-order chi connectivity index (χ0) is 12.7. The van der Waals surface area contributed by atoms with Gasteiger partial charge in [0, 0.05) is 7.11 Å². The maximum Gasteiger partial charge on any atom is 0.529 e. The predicted octanol–water partition coefficient (Wildman–Crippen LogP) is 4.07. The number of para-hydroxylation sites is 1. The van der Waals surface area contributed by atoms with Gasteiger partial charge in [0.1, 0.15) is 5.75 Å². The Hall–Kier alpha value is -0.800. The molecule has 0 aliphatic heterocycles. The molecule has 0 bridgehead atoms. The lowest BCUT2D eigenvalue weighted by molar-refractivity contribution is 0.182. The molecular formula is C11H14ClO4P. The van der Waals surface area contributed by atoms with Gasteiger partial charge in [-0.2, -0.15) is 0 Å². The van der Waals surface area contributed by atoms with E-state index in [9.17, 15) is 4.57 Å². The van der Waals surface area contributed by atoms with E-state index in [1.165, 1.54) is 7.11 Å². The van der Waals surface area contributed by atoms with Gasteiger partial charge in [0.2, 0.25) is 0 Å². The van der Waals surface area contributed by atoms with E-state index in [-0.39, 0.29) is 12.4 Å². The Bertz CT molecular complexity index is 422. The second kappa shape index (κ2) is 6.82. The Labute approximate surface area is 106 Å². The number of phosphoric acid groups is 1. The molecule has 0 aromatic heterocycles. The molecule has 4 nitrogen and oxygen atoms in total. The van der Waals surface area contributed by atoms with Gasteiger partial charge in [0.15, 0.2) is 0 Å². The third kappa shape index (κ3) is 4.52. The Morgan fingerprint density at radius 3 is 2.76 bits per heavy atom. The molecule has 0 saturated carbocycles. The standard InChI is InChI=1S/C11H14ClO4P/c1-3-4-9-15-17(13,14-2)16-11-8-6-5-7-10(11)12/h3,5-8H,1,4,9H2,2H3. The van der Waals surface area contributed by atoms with E-state index in [1.54, 1.807) is 30.3 Å². The van der Waals surface area contributed by atoms with Crippen LogP contribution in [-0.4, -0.2) is 13.7 Å². The first-order valence-corrected chi connectivity index (χ1v) is 6.80. The van der Waals surface area contributed by atoms with E-state index in [4.69, 9.17) is 25.2 Å². The maximum absolute atomic E-state index is 12.0. The van der Waals surface area contributed by atoms with Gasteiger partial charge >= 0.3 is 7.82 Å². The van der Waals surface area contributed by atoms with Crippen molar-refractivity contribution in [3.8, 4) is 5.75 Å². The Balaban J connectivity index is 2.71. The van der Waals surface area contributed by atoms with Gasteiger partial charge in [-0.25, -0.2) is 4.57 Å². The number of halogens is 1. The summed E-state index contributed by atoms with van der Waals surface area (Å²) in [5.41, 5.74) is 0. The Morgan fingerprint density at radius 1 is 1.47 bits per heavy atom. The molecular weight excluding hydrogens is 263 g/mol. The van der Waals surface area contributed by atoms with Crippen molar-refractivity contribution in [3.63, 3.8) is 0 Å². The molecule has 6 heteroatoms. The van der Waals surface area contributed by atoms with Crippen molar-refractivity contribution in [2.75, 3.05) is 13.7 Å². The molecule has 0 spiro atoms. The molecule has 0 saturated heterocycles. The summed E-state index contributed by atoms with van der Waals surface area (Å²) in [6, 6.07) is 6.67. The molecule has 94 valence electrons. The number of benzene rings is 1. The summed E-state index contributed by atoms with van der Waals surface area (Å²) in [6.07, 6.45) is 2.20. The lowest BCUT2D eigenvalue weighted by Crippen LogP contribution is -2.01. The first-order valence-electron chi connectivity index (χ1n) is 4.96. The first kappa shape index (κ1) is 14.3. The van der Waals surface area contributed by atoms with Crippen LogP contribution in [0.1, 0.15) is 6.42 Å². The molecule has 17 heavy (non-hydrogen) atoms. The lowest BCUT2D eigenvalue weighted by Gasteiger charge is -2.16. The molecule has 1 unspecified atom stereocenters. The Kier molecular flexibility index (Phi) is 5.72. The van der Waals surface area contributed by atoms with Crippen LogP contribution in [0.2, 0.25) is 5.02 Å². The van der Waals surface area contributed by atoms with Gasteiger partial charge in [-0.15, -0.1) is 6.58 Å². The highest BCUT2D eigenvalue weighted by molar-refractivity contribution is 7.48. The molecule has 0 aliphatic carbocycles. The first-order chi connectivity index (χ1) is 8.11. The van der Waals surface area contributed by atoms with Crippen molar-refractivity contribution in [2.24, 2.45) is 0 Å². The van der Waals surface area contributed by atoms with Crippen LogP contribution in [0.5, 0.6) is 5.75 Å². The SMILES string of the molecule is C=CCCOP(=O)(OC)Oc1ccccc1Cl. The van der Waals surface area contributed by atoms with E-state index in [0.717, 1.165) is 0 Å². The van der Waals surface area contributed by atoms with Crippen LogP contribution in [0.25, 0.3) is 0 Å². The minimum absolute atomic E-state index is 0.207. The Morgan fingerprint density at radius 2 is 2.18 bits per heavy atom. The molecule has 0 N–H and O–H groups in total. The van der Waals surface area contributed by atoms with Gasteiger partial charge in [-0.05, 0) is 18.6 Å². The molecule has 0 radical (unpaired) electrons. The van der Waals surface area contributed by atoms with Crippen molar-refractivity contribution < 1.29 is 18.1 Å². The van der Waals surface area contributed by atoms with Crippen LogP contribution in [0.4, 0.5) is 0 Å². The topological polar surface area (TPSA) is 44.8 Å². The number of hydrogen-bond acceptors (Lipinski definition) is 4. The zero-order valence-corrected chi connectivity index (χ0v) is 11.1. The van der Waals surface area contributed by atoms with Crippen molar-refractivity contribution in [1.29, 1.82) is 0 Å². The third-order valence-corrected chi connectivity index (χ3v) is 3.52. The largest absolute Gasteiger partial charge is 0.529 e. The molecule has 1 rings (SSSR count). The van der Waals surface area contributed by atoms with Crippen LogP contribution in [-0.2, 0) is 13.6 Å². The summed E-state index contributed by atoms with van der Waals surface area (Å²) in [4.78, 5) is 0. The fourth-order valence-electron chi connectivity index (χ4n) is 1.00. The molecule has 1 aromatic carbocycles. The quantitative estimate of drug-likeness (QED) is 0.428. The highest BCUT2D eigenvalue weighted by atomic mass is 35.5. The van der Waals surface area contributed by atoms with Gasteiger partial charge < -0.3 is 4.52 Å².